The monoisotopic (exact) mass is 150 g/mol. The van der Waals surface area contributed by atoms with Gasteiger partial charge in [0.1, 0.15) is 5.82 Å². The molecular weight excluding hydrogens is 136 g/mol. The van der Waals surface area contributed by atoms with E-state index in [1.807, 2.05) is 6.20 Å². The van der Waals surface area contributed by atoms with Gasteiger partial charge in [0.2, 0.25) is 0 Å². The van der Waals surface area contributed by atoms with Crippen molar-refractivity contribution in [3.8, 4) is 0 Å². The molecule has 0 saturated heterocycles. The zero-order chi connectivity index (χ0) is 8.06. The summed E-state index contributed by atoms with van der Waals surface area (Å²) in [5.41, 5.74) is 1.72. The van der Waals surface area contributed by atoms with Crippen LogP contribution in [0.25, 0.3) is 0 Å². The second-order valence-electron chi connectivity index (χ2n) is 4.24. The van der Waals surface area contributed by atoms with Gasteiger partial charge < -0.3 is 4.57 Å². The fraction of sp³-hybridized carbons (Fsp3) is 0.667. The summed E-state index contributed by atoms with van der Waals surface area (Å²) < 4.78 is 2.32. The number of aromatic nitrogens is 2. The first-order chi connectivity index (χ1) is 5.08. The van der Waals surface area contributed by atoms with Crippen LogP contribution in [0.2, 0.25) is 0 Å². The zero-order valence-electron chi connectivity index (χ0n) is 7.39. The summed E-state index contributed by atoms with van der Waals surface area (Å²) in [6.45, 7) is 7.84. The van der Waals surface area contributed by atoms with Gasteiger partial charge in [-0.1, -0.05) is 13.8 Å². The van der Waals surface area contributed by atoms with Crippen molar-refractivity contribution in [1.82, 2.24) is 9.55 Å². The summed E-state index contributed by atoms with van der Waals surface area (Å²) >= 11 is 0. The quantitative estimate of drug-likeness (QED) is 0.551. The Labute approximate surface area is 67.3 Å². The largest absolute Gasteiger partial charge is 0.332 e. The highest BCUT2D eigenvalue weighted by Gasteiger charge is 2.29. The van der Waals surface area contributed by atoms with Gasteiger partial charge in [0.25, 0.3) is 0 Å². The van der Waals surface area contributed by atoms with Crippen LogP contribution in [0, 0.1) is 12.3 Å². The molecule has 2 nitrogen and oxygen atoms in total. The third-order valence-electron chi connectivity index (χ3n) is 2.36. The van der Waals surface area contributed by atoms with Crippen molar-refractivity contribution in [2.24, 2.45) is 5.41 Å². The highest BCUT2D eigenvalue weighted by molar-refractivity contribution is 5.10. The van der Waals surface area contributed by atoms with Gasteiger partial charge in [0.15, 0.2) is 0 Å². The first-order valence-electron chi connectivity index (χ1n) is 4.09. The molecule has 1 aliphatic rings. The Balaban J connectivity index is 2.42. The minimum Gasteiger partial charge on any atom is -0.332 e. The number of aryl methyl sites for hydroxylation is 1. The Kier molecular flexibility index (Phi) is 1.17. The molecule has 0 atom stereocenters. The molecule has 0 N–H and O–H groups in total. The summed E-state index contributed by atoms with van der Waals surface area (Å²) in [5.74, 6) is 1.26. The van der Waals surface area contributed by atoms with E-state index in [1.54, 1.807) is 0 Å². The Morgan fingerprint density at radius 1 is 1.55 bits per heavy atom. The van der Waals surface area contributed by atoms with Crippen LogP contribution in [0.4, 0.5) is 0 Å². The van der Waals surface area contributed by atoms with Crippen molar-refractivity contribution < 1.29 is 0 Å². The van der Waals surface area contributed by atoms with E-state index in [-0.39, 0.29) is 0 Å². The van der Waals surface area contributed by atoms with E-state index >= 15 is 0 Å². The van der Waals surface area contributed by atoms with E-state index in [0.29, 0.717) is 5.41 Å². The SMILES string of the molecule is Cc1cnc2n1CC(C)(C)C2. The summed E-state index contributed by atoms with van der Waals surface area (Å²) in [4.78, 5) is 4.35. The normalized spacial score (nSPS) is 20.3. The number of hydrogen-bond acceptors (Lipinski definition) is 1. The lowest BCUT2D eigenvalue weighted by molar-refractivity contribution is 0.356. The Morgan fingerprint density at radius 2 is 2.27 bits per heavy atom. The molecular formula is C9H14N2. The lowest BCUT2D eigenvalue weighted by atomic mass is 9.92. The number of hydrogen-bond donors (Lipinski definition) is 0. The maximum absolute atomic E-state index is 4.35. The van der Waals surface area contributed by atoms with Gasteiger partial charge in [-0.05, 0) is 12.3 Å². The predicted molar refractivity (Wildman–Crippen MR) is 44.4 cm³/mol. The number of nitrogens with zero attached hydrogens (tertiary/aromatic N) is 2. The molecule has 2 heterocycles. The molecule has 0 aliphatic carbocycles. The van der Waals surface area contributed by atoms with Crippen LogP contribution < -0.4 is 0 Å². The first kappa shape index (κ1) is 6.89. The molecule has 1 aromatic rings. The number of imidazole rings is 1. The van der Waals surface area contributed by atoms with Crippen LogP contribution in [0.5, 0.6) is 0 Å². The lowest BCUT2D eigenvalue weighted by Crippen LogP contribution is -2.12. The third kappa shape index (κ3) is 0.971. The van der Waals surface area contributed by atoms with E-state index in [9.17, 15) is 0 Å². The molecule has 11 heavy (non-hydrogen) atoms. The van der Waals surface area contributed by atoms with Crippen molar-refractivity contribution in [2.45, 2.75) is 33.7 Å². The molecule has 0 unspecified atom stereocenters. The zero-order valence-corrected chi connectivity index (χ0v) is 7.39. The standard InChI is InChI=1S/C9H14N2/c1-7-5-10-8-4-9(2,3)6-11(7)8/h5H,4,6H2,1-3H3. The van der Waals surface area contributed by atoms with Gasteiger partial charge in [-0.25, -0.2) is 4.98 Å². The maximum Gasteiger partial charge on any atom is 0.109 e. The maximum atomic E-state index is 4.35. The third-order valence-corrected chi connectivity index (χ3v) is 2.36. The predicted octanol–water partition coefficient (Wildman–Crippen LogP) is 1.77. The fourth-order valence-electron chi connectivity index (χ4n) is 1.78. The van der Waals surface area contributed by atoms with Crippen LogP contribution in [0.15, 0.2) is 6.20 Å². The molecule has 0 radical (unpaired) electrons. The van der Waals surface area contributed by atoms with Crippen molar-refractivity contribution in [1.29, 1.82) is 0 Å². The van der Waals surface area contributed by atoms with Crippen molar-refractivity contribution in [2.75, 3.05) is 0 Å². The van der Waals surface area contributed by atoms with E-state index in [0.717, 1.165) is 13.0 Å². The topological polar surface area (TPSA) is 17.8 Å². The molecule has 1 aliphatic heterocycles. The molecule has 0 saturated carbocycles. The number of fused-ring (bicyclic) bond motifs is 1. The van der Waals surface area contributed by atoms with E-state index in [1.165, 1.54) is 11.5 Å². The molecule has 60 valence electrons. The minimum atomic E-state index is 0.425. The van der Waals surface area contributed by atoms with Crippen LogP contribution in [-0.4, -0.2) is 9.55 Å². The molecule has 0 amide bonds. The minimum absolute atomic E-state index is 0.425. The average Bonchev–Trinajstić information content (AvgIpc) is 2.31. The van der Waals surface area contributed by atoms with E-state index in [4.69, 9.17) is 0 Å². The van der Waals surface area contributed by atoms with Crippen LogP contribution in [0.3, 0.4) is 0 Å². The van der Waals surface area contributed by atoms with Crippen LogP contribution in [-0.2, 0) is 13.0 Å². The Hall–Kier alpha value is -0.790. The second kappa shape index (κ2) is 1.87. The van der Waals surface area contributed by atoms with Crippen molar-refractivity contribution in [3.05, 3.63) is 17.7 Å². The number of rotatable bonds is 0. The molecule has 0 fully saturated rings. The van der Waals surface area contributed by atoms with Gasteiger partial charge in [-0.3, -0.25) is 0 Å². The van der Waals surface area contributed by atoms with E-state index < -0.39 is 0 Å². The van der Waals surface area contributed by atoms with Gasteiger partial charge in [-0.15, -0.1) is 0 Å². The molecule has 0 aromatic carbocycles. The van der Waals surface area contributed by atoms with Gasteiger partial charge in [0, 0.05) is 24.9 Å². The summed E-state index contributed by atoms with van der Waals surface area (Å²) in [5, 5.41) is 0. The molecule has 2 rings (SSSR count). The summed E-state index contributed by atoms with van der Waals surface area (Å²) in [7, 11) is 0. The molecule has 1 aromatic heterocycles. The van der Waals surface area contributed by atoms with Crippen molar-refractivity contribution in [3.63, 3.8) is 0 Å². The van der Waals surface area contributed by atoms with E-state index in [2.05, 4.69) is 30.3 Å². The van der Waals surface area contributed by atoms with Gasteiger partial charge >= 0.3 is 0 Å². The summed E-state index contributed by atoms with van der Waals surface area (Å²) in [6, 6.07) is 0. The van der Waals surface area contributed by atoms with Gasteiger partial charge in [0.05, 0.1) is 0 Å². The highest BCUT2D eigenvalue weighted by atomic mass is 15.1. The fourth-order valence-corrected chi connectivity index (χ4v) is 1.78. The van der Waals surface area contributed by atoms with Gasteiger partial charge in [-0.2, -0.15) is 0 Å². The molecule has 0 bridgehead atoms. The summed E-state index contributed by atoms with van der Waals surface area (Å²) in [6.07, 6.45) is 3.09. The average molecular weight is 150 g/mol. The first-order valence-corrected chi connectivity index (χ1v) is 4.09. The Bertz CT molecular complexity index is 284. The smallest absolute Gasteiger partial charge is 0.109 e. The lowest BCUT2D eigenvalue weighted by Gasteiger charge is -2.14. The van der Waals surface area contributed by atoms with Crippen LogP contribution >= 0.6 is 0 Å². The second-order valence-corrected chi connectivity index (χ2v) is 4.24. The van der Waals surface area contributed by atoms with Crippen molar-refractivity contribution >= 4 is 0 Å². The highest BCUT2D eigenvalue weighted by Crippen LogP contribution is 2.31. The molecule has 0 spiro atoms. The Morgan fingerprint density at radius 3 is 2.91 bits per heavy atom. The van der Waals surface area contributed by atoms with Crippen LogP contribution in [0.1, 0.15) is 25.4 Å². The molecule has 2 heteroatoms.